The number of nitrogens with zero attached hydrogens (tertiary/aromatic N) is 2. The number of halogens is 2. The number of alkyl halides is 2. The average molecular weight is 580 g/mol. The second-order valence-electron chi connectivity index (χ2n) is 11.6. The van der Waals surface area contributed by atoms with E-state index in [0.717, 1.165) is 38.5 Å². The van der Waals surface area contributed by atoms with Crippen LogP contribution >= 0.6 is 23.2 Å². The molecule has 0 spiro atoms. The summed E-state index contributed by atoms with van der Waals surface area (Å²) in [6, 6.07) is 0. The van der Waals surface area contributed by atoms with Crippen LogP contribution in [-0.2, 0) is 0 Å². The van der Waals surface area contributed by atoms with Gasteiger partial charge >= 0.3 is 0 Å². The molecule has 0 saturated carbocycles. The lowest BCUT2D eigenvalue weighted by Crippen LogP contribution is -2.36. The van der Waals surface area contributed by atoms with Gasteiger partial charge in [-0.1, -0.05) is 168 Å². The minimum atomic E-state index is -0.280. The van der Waals surface area contributed by atoms with Gasteiger partial charge in [0.1, 0.15) is 10.2 Å². The van der Waals surface area contributed by atoms with Crippen molar-refractivity contribution in [1.29, 1.82) is 0 Å². The second kappa shape index (κ2) is 29.9. The molecule has 0 N–H and O–H groups in total. The molecule has 0 aliphatic carbocycles. The summed E-state index contributed by atoms with van der Waals surface area (Å²) < 4.78 is 0. The third-order valence-corrected chi connectivity index (χ3v) is 8.41. The van der Waals surface area contributed by atoms with Gasteiger partial charge in [0, 0.05) is 0 Å². The number of hydrazine groups is 1. The van der Waals surface area contributed by atoms with Crippen molar-refractivity contribution in [1.82, 2.24) is 5.17 Å². The van der Waals surface area contributed by atoms with Crippen molar-refractivity contribution in [3.63, 3.8) is 0 Å². The molecule has 0 aliphatic heterocycles. The molecule has 0 amide bonds. The van der Waals surface area contributed by atoms with Gasteiger partial charge < -0.3 is 5.21 Å². The molecule has 0 fully saturated rings. The van der Waals surface area contributed by atoms with Gasteiger partial charge in [-0.25, -0.2) is 0 Å². The van der Waals surface area contributed by atoms with Crippen LogP contribution in [0.3, 0.4) is 0 Å². The van der Waals surface area contributed by atoms with Crippen molar-refractivity contribution in [2.75, 3.05) is 13.1 Å². The van der Waals surface area contributed by atoms with Crippen LogP contribution in [0.25, 0.3) is 0 Å². The van der Waals surface area contributed by atoms with Crippen LogP contribution in [0.4, 0.5) is 0 Å². The number of unbranched alkanes of at least 4 members (excludes halogenated alkanes) is 22. The third kappa shape index (κ3) is 27.5. The monoisotopic (exact) mass is 578 g/mol. The minimum absolute atomic E-state index is 0.0469. The molecule has 0 bridgehead atoms. The summed E-state index contributed by atoms with van der Waals surface area (Å²) in [6.45, 7) is 4.62. The van der Waals surface area contributed by atoms with Crippen LogP contribution in [0.1, 0.15) is 181 Å². The zero-order valence-electron chi connectivity index (χ0n) is 25.4. The van der Waals surface area contributed by atoms with Crippen LogP contribution < -0.4 is 0 Å². The van der Waals surface area contributed by atoms with E-state index < -0.39 is 0 Å². The Kier molecular flexibility index (Phi) is 29.9. The first kappa shape index (κ1) is 37.9. The van der Waals surface area contributed by atoms with Crippen molar-refractivity contribution < 1.29 is 4.87 Å². The SMILES string of the molecule is CCCCCCCCCCCCCCC(Cl)CN([O-])[N+](=O)CC(Cl)CCCCCCCCCCCCCC. The zero-order chi connectivity index (χ0) is 28.1. The largest absolute Gasteiger partial charge is 0.704 e. The molecule has 0 radical (unpaired) electrons. The molecule has 0 aromatic rings. The Morgan fingerprint density at radius 1 is 0.526 bits per heavy atom. The summed E-state index contributed by atoms with van der Waals surface area (Å²) in [7, 11) is 0. The molecule has 38 heavy (non-hydrogen) atoms. The first-order valence-corrected chi connectivity index (χ1v) is 17.6. The predicted molar refractivity (Wildman–Crippen MR) is 169 cm³/mol. The van der Waals surface area contributed by atoms with E-state index in [1.807, 2.05) is 0 Å². The van der Waals surface area contributed by atoms with Gasteiger partial charge in [-0.15, -0.1) is 23.2 Å². The molecule has 0 saturated heterocycles. The molecule has 0 aliphatic rings. The van der Waals surface area contributed by atoms with Crippen LogP contribution in [0.5, 0.6) is 0 Å². The second-order valence-corrected chi connectivity index (χ2v) is 12.9. The fourth-order valence-corrected chi connectivity index (χ4v) is 5.66. The molecule has 2 atom stereocenters. The highest BCUT2D eigenvalue weighted by molar-refractivity contribution is 6.21. The first-order chi connectivity index (χ1) is 18.5. The van der Waals surface area contributed by atoms with E-state index in [2.05, 4.69) is 13.8 Å². The Bertz CT molecular complexity index is 496. The van der Waals surface area contributed by atoms with Crippen LogP contribution in [0.2, 0.25) is 0 Å². The third-order valence-electron chi connectivity index (χ3n) is 7.70. The Labute approximate surface area is 247 Å². The fourth-order valence-electron chi connectivity index (χ4n) is 5.12. The molecule has 0 aromatic carbocycles. The number of rotatable bonds is 31. The van der Waals surface area contributed by atoms with E-state index in [0.29, 0.717) is 10.0 Å². The van der Waals surface area contributed by atoms with Crippen LogP contribution in [-0.4, -0.2) is 33.9 Å². The maximum Gasteiger partial charge on any atom is 0.240 e. The minimum Gasteiger partial charge on any atom is -0.704 e. The highest BCUT2D eigenvalue weighted by Gasteiger charge is 2.20. The lowest BCUT2D eigenvalue weighted by atomic mass is 10.0. The molecule has 0 heterocycles. The van der Waals surface area contributed by atoms with E-state index in [4.69, 9.17) is 23.2 Å². The topological polar surface area (TPSA) is 46.4 Å². The molecule has 0 aromatic heterocycles. The van der Waals surface area contributed by atoms with Crippen molar-refractivity contribution in [3.05, 3.63) is 10.1 Å². The average Bonchev–Trinajstić information content (AvgIpc) is 2.89. The van der Waals surface area contributed by atoms with Gasteiger partial charge in [0.15, 0.2) is 0 Å². The zero-order valence-corrected chi connectivity index (χ0v) is 26.9. The van der Waals surface area contributed by atoms with Gasteiger partial charge in [-0.3, -0.25) is 0 Å². The molecule has 4 nitrogen and oxygen atoms in total. The fraction of sp³-hybridized carbons (Fsp3) is 1.00. The summed E-state index contributed by atoms with van der Waals surface area (Å²) in [5.74, 6) is 0. The number of hydroxylamine groups is 1. The van der Waals surface area contributed by atoms with Crippen molar-refractivity contribution in [2.45, 2.75) is 192 Å². The summed E-state index contributed by atoms with van der Waals surface area (Å²) in [5.41, 5.74) is 0. The first-order valence-electron chi connectivity index (χ1n) is 16.7. The van der Waals surface area contributed by atoms with Crippen LogP contribution in [0, 0.1) is 10.1 Å². The van der Waals surface area contributed by atoms with Gasteiger partial charge in [-0.2, -0.15) is 5.17 Å². The van der Waals surface area contributed by atoms with Crippen LogP contribution in [0.15, 0.2) is 0 Å². The van der Waals surface area contributed by atoms with Crippen molar-refractivity contribution in [3.8, 4) is 0 Å². The molecule has 6 heteroatoms. The summed E-state index contributed by atoms with van der Waals surface area (Å²) in [5, 5.41) is 12.1. The molecule has 0 rings (SSSR count). The quantitative estimate of drug-likeness (QED) is 0.0355. The van der Waals surface area contributed by atoms with Gasteiger partial charge in [0.2, 0.25) is 6.54 Å². The normalized spacial score (nSPS) is 13.1. The van der Waals surface area contributed by atoms with E-state index in [9.17, 15) is 10.1 Å². The number of nitroso groups, excluding NO2 is 1. The predicted octanol–water partition coefficient (Wildman–Crippen LogP) is 11.9. The lowest BCUT2D eigenvalue weighted by molar-refractivity contribution is -0.693. The van der Waals surface area contributed by atoms with E-state index in [-0.39, 0.29) is 23.8 Å². The molecule has 2 unspecified atom stereocenters. The standard InChI is InChI=1S/C32H64Cl2N2O2/c1-3-5-7-9-11-13-15-17-19-21-23-25-27-31(33)29-35(37)36(38)30-32(34)28-26-24-22-20-18-16-14-12-10-8-6-4-2/h31-32H,3-30H2,1-2H3. The van der Waals surface area contributed by atoms with Crippen molar-refractivity contribution in [2.24, 2.45) is 0 Å². The maximum absolute atomic E-state index is 12.2. The van der Waals surface area contributed by atoms with Gasteiger partial charge in [0.05, 0.1) is 16.8 Å². The van der Waals surface area contributed by atoms with Gasteiger partial charge in [0.25, 0.3) is 0 Å². The van der Waals surface area contributed by atoms with E-state index in [1.54, 1.807) is 0 Å². The molecular weight excluding hydrogens is 515 g/mol. The lowest BCUT2D eigenvalue weighted by Gasteiger charge is -2.22. The Morgan fingerprint density at radius 2 is 0.816 bits per heavy atom. The molecular formula is C32H64Cl2N2O2. The Hall–Kier alpha value is -0.0600. The maximum atomic E-state index is 12.2. The smallest absolute Gasteiger partial charge is 0.240 e. The van der Waals surface area contributed by atoms with E-state index in [1.165, 1.54) is 128 Å². The van der Waals surface area contributed by atoms with E-state index >= 15 is 0 Å². The number of hydrogen-bond acceptors (Lipinski definition) is 2. The molecule has 228 valence electrons. The summed E-state index contributed by atoms with van der Waals surface area (Å²) in [4.78, 5) is 12.6. The summed E-state index contributed by atoms with van der Waals surface area (Å²) >= 11 is 12.7. The van der Waals surface area contributed by atoms with Crippen molar-refractivity contribution >= 4 is 23.2 Å². The Morgan fingerprint density at radius 3 is 1.16 bits per heavy atom. The van der Waals surface area contributed by atoms with Gasteiger partial charge in [-0.05, 0) is 12.8 Å². The Balaban J connectivity index is 3.56. The number of hydrogen-bond donors (Lipinski definition) is 0. The highest BCUT2D eigenvalue weighted by atomic mass is 35.5. The summed E-state index contributed by atoms with van der Waals surface area (Å²) in [6.07, 6.45) is 32.9. The highest BCUT2D eigenvalue weighted by Crippen LogP contribution is 2.17.